The second-order valence-electron chi connectivity index (χ2n) is 6.92. The average molecular weight is 336 g/mol. The number of rotatable bonds is 4. The molecule has 0 bridgehead atoms. The molecule has 0 saturated heterocycles. The summed E-state index contributed by atoms with van der Waals surface area (Å²) in [6.45, 7) is 8.19. The number of hydrogen-bond donors (Lipinski definition) is 1. The van der Waals surface area contributed by atoms with Gasteiger partial charge in [0.25, 0.3) is 0 Å². The second-order valence-corrected chi connectivity index (χ2v) is 6.92. The minimum atomic E-state index is -0.349. The molecule has 1 aliphatic rings. The maximum absolute atomic E-state index is 12.1. The average Bonchev–Trinajstić information content (AvgIpc) is 2.89. The van der Waals surface area contributed by atoms with E-state index in [1.165, 1.54) is 0 Å². The van der Waals surface area contributed by atoms with Crippen molar-refractivity contribution in [3.8, 4) is 0 Å². The van der Waals surface area contributed by atoms with Gasteiger partial charge in [0.05, 0.1) is 0 Å². The van der Waals surface area contributed by atoms with Crippen LogP contribution in [0.1, 0.15) is 45.1 Å². The fourth-order valence-electron chi connectivity index (χ4n) is 4.08. The molecule has 1 heterocycles. The van der Waals surface area contributed by atoms with Gasteiger partial charge in [0.2, 0.25) is 5.91 Å². The first-order chi connectivity index (χ1) is 11.8. The number of Topliss-reactive ketones (excluding diaryl/α,β-unsaturated/α-hetero) is 1. The number of carbonyl (C=O) groups excluding carboxylic acids is 2. The zero-order valence-electron chi connectivity index (χ0n) is 15.2. The highest BCUT2D eigenvalue weighted by molar-refractivity contribution is 5.97. The number of benzene rings is 2. The van der Waals surface area contributed by atoms with Gasteiger partial charge >= 0.3 is 0 Å². The summed E-state index contributed by atoms with van der Waals surface area (Å²) in [5.41, 5.74) is 12.9. The van der Waals surface area contributed by atoms with E-state index in [-0.39, 0.29) is 17.7 Å². The van der Waals surface area contributed by atoms with Gasteiger partial charge in [-0.25, -0.2) is 0 Å². The van der Waals surface area contributed by atoms with Crippen molar-refractivity contribution in [3.63, 3.8) is 0 Å². The highest BCUT2D eigenvalue weighted by atomic mass is 16.1. The standard InChI is InChI=1S/C21H24N2O2/c1-12-9-13(2)20(15(4)24)14(3)17(12)11-23-18-8-6-5-7-16(18)10-19(23)21(22)25/h5-9,19H,10-11H2,1-4H3,(H2,22,25)/t19-/m0/s1. The van der Waals surface area contributed by atoms with Gasteiger partial charge in [0, 0.05) is 24.2 Å². The molecule has 0 spiro atoms. The lowest BCUT2D eigenvalue weighted by Crippen LogP contribution is -2.42. The zero-order valence-corrected chi connectivity index (χ0v) is 15.2. The molecular formula is C21H24N2O2. The summed E-state index contributed by atoms with van der Waals surface area (Å²) in [4.78, 5) is 26.1. The van der Waals surface area contributed by atoms with Crippen molar-refractivity contribution in [2.45, 2.75) is 46.7 Å². The van der Waals surface area contributed by atoms with Gasteiger partial charge in [0.15, 0.2) is 5.78 Å². The highest BCUT2D eigenvalue weighted by Crippen LogP contribution is 2.35. The Morgan fingerprint density at radius 2 is 1.84 bits per heavy atom. The lowest BCUT2D eigenvalue weighted by atomic mass is 9.91. The van der Waals surface area contributed by atoms with Crippen molar-refractivity contribution in [2.24, 2.45) is 5.73 Å². The molecule has 4 heteroatoms. The first-order valence-electron chi connectivity index (χ1n) is 8.55. The smallest absolute Gasteiger partial charge is 0.240 e. The second kappa shape index (κ2) is 6.36. The Kier molecular flexibility index (Phi) is 4.38. The Morgan fingerprint density at radius 3 is 2.48 bits per heavy atom. The minimum Gasteiger partial charge on any atom is -0.368 e. The van der Waals surface area contributed by atoms with Crippen LogP contribution in [0.2, 0.25) is 0 Å². The van der Waals surface area contributed by atoms with Gasteiger partial charge in [-0.3, -0.25) is 9.59 Å². The Labute approximate surface area is 148 Å². The number of fused-ring (bicyclic) bond motifs is 1. The number of para-hydroxylation sites is 1. The third kappa shape index (κ3) is 2.93. The molecule has 2 aromatic carbocycles. The van der Waals surface area contributed by atoms with Crippen molar-refractivity contribution < 1.29 is 9.59 Å². The van der Waals surface area contributed by atoms with Crippen LogP contribution in [0.5, 0.6) is 0 Å². The van der Waals surface area contributed by atoms with Crippen molar-refractivity contribution in [1.82, 2.24) is 0 Å². The molecule has 4 nitrogen and oxygen atoms in total. The van der Waals surface area contributed by atoms with Gasteiger partial charge in [-0.2, -0.15) is 0 Å². The van der Waals surface area contributed by atoms with Crippen LogP contribution in [0, 0.1) is 20.8 Å². The number of amides is 1. The van der Waals surface area contributed by atoms with Crippen molar-refractivity contribution in [1.29, 1.82) is 0 Å². The van der Waals surface area contributed by atoms with Gasteiger partial charge in [-0.15, -0.1) is 0 Å². The summed E-state index contributed by atoms with van der Waals surface area (Å²) < 4.78 is 0. The fourth-order valence-corrected chi connectivity index (χ4v) is 4.08. The highest BCUT2D eigenvalue weighted by Gasteiger charge is 2.33. The minimum absolute atomic E-state index is 0.0736. The number of carbonyl (C=O) groups is 2. The molecule has 0 fully saturated rings. The fraction of sp³-hybridized carbons (Fsp3) is 0.333. The van der Waals surface area contributed by atoms with Crippen LogP contribution < -0.4 is 10.6 Å². The van der Waals surface area contributed by atoms with E-state index >= 15 is 0 Å². The van der Waals surface area contributed by atoms with E-state index < -0.39 is 0 Å². The van der Waals surface area contributed by atoms with Crippen LogP contribution in [-0.4, -0.2) is 17.7 Å². The Balaban J connectivity index is 2.08. The van der Waals surface area contributed by atoms with E-state index in [4.69, 9.17) is 5.73 Å². The molecule has 0 aliphatic carbocycles. The van der Waals surface area contributed by atoms with Crippen molar-refractivity contribution in [2.75, 3.05) is 4.90 Å². The van der Waals surface area contributed by atoms with E-state index in [1.54, 1.807) is 6.92 Å². The van der Waals surface area contributed by atoms with Crippen LogP contribution in [0.4, 0.5) is 5.69 Å². The summed E-state index contributed by atoms with van der Waals surface area (Å²) in [5.74, 6) is -0.241. The van der Waals surface area contributed by atoms with Gasteiger partial charge in [-0.05, 0) is 61.6 Å². The monoisotopic (exact) mass is 336 g/mol. The lowest BCUT2D eigenvalue weighted by molar-refractivity contribution is -0.119. The maximum atomic E-state index is 12.1. The van der Waals surface area contributed by atoms with Crippen molar-refractivity contribution >= 4 is 17.4 Å². The van der Waals surface area contributed by atoms with Gasteiger partial charge in [-0.1, -0.05) is 24.3 Å². The molecule has 0 unspecified atom stereocenters. The van der Waals surface area contributed by atoms with Crippen LogP contribution in [0.25, 0.3) is 0 Å². The zero-order chi connectivity index (χ0) is 18.3. The van der Waals surface area contributed by atoms with Crippen LogP contribution in [0.3, 0.4) is 0 Å². The molecule has 1 atom stereocenters. The molecule has 130 valence electrons. The molecule has 0 aromatic heterocycles. The number of aryl methyl sites for hydroxylation is 2. The predicted molar refractivity (Wildman–Crippen MR) is 100.0 cm³/mol. The number of nitrogens with zero attached hydrogens (tertiary/aromatic N) is 1. The van der Waals surface area contributed by atoms with Crippen LogP contribution in [0.15, 0.2) is 30.3 Å². The SMILES string of the molecule is CC(=O)c1c(C)cc(C)c(CN2c3ccccc3C[C@H]2C(N)=O)c1C. The lowest BCUT2D eigenvalue weighted by Gasteiger charge is -2.28. The molecule has 0 radical (unpaired) electrons. The largest absolute Gasteiger partial charge is 0.368 e. The first-order valence-corrected chi connectivity index (χ1v) is 8.55. The first kappa shape index (κ1) is 17.2. The Morgan fingerprint density at radius 1 is 1.16 bits per heavy atom. The normalized spacial score (nSPS) is 16.0. The predicted octanol–water partition coefficient (Wildman–Crippen LogP) is 3.23. The van der Waals surface area contributed by atoms with E-state index in [9.17, 15) is 9.59 Å². The molecule has 2 aromatic rings. The van der Waals surface area contributed by atoms with Crippen LogP contribution in [-0.2, 0) is 17.8 Å². The molecule has 1 aliphatic heterocycles. The molecule has 2 N–H and O–H groups in total. The summed E-state index contributed by atoms with van der Waals surface area (Å²) in [5, 5.41) is 0. The number of hydrogen-bond acceptors (Lipinski definition) is 3. The summed E-state index contributed by atoms with van der Waals surface area (Å²) in [6.07, 6.45) is 0.634. The van der Waals surface area contributed by atoms with E-state index in [2.05, 4.69) is 17.9 Å². The summed E-state index contributed by atoms with van der Waals surface area (Å²) >= 11 is 0. The van der Waals surface area contributed by atoms with E-state index in [1.807, 2.05) is 38.1 Å². The molecule has 0 saturated carbocycles. The third-order valence-corrected chi connectivity index (χ3v) is 5.23. The Bertz CT molecular complexity index is 870. The maximum Gasteiger partial charge on any atom is 0.240 e. The molecule has 25 heavy (non-hydrogen) atoms. The molecular weight excluding hydrogens is 312 g/mol. The van der Waals surface area contributed by atoms with Gasteiger partial charge < -0.3 is 10.6 Å². The molecule has 3 rings (SSSR count). The third-order valence-electron chi connectivity index (χ3n) is 5.23. The van der Waals surface area contributed by atoms with Crippen molar-refractivity contribution in [3.05, 3.63) is 63.7 Å². The topological polar surface area (TPSA) is 63.4 Å². The summed E-state index contributed by atoms with van der Waals surface area (Å²) in [6, 6.07) is 9.74. The quantitative estimate of drug-likeness (QED) is 0.872. The Hall–Kier alpha value is -2.62. The van der Waals surface area contributed by atoms with Crippen LogP contribution >= 0.6 is 0 Å². The summed E-state index contributed by atoms with van der Waals surface area (Å²) in [7, 11) is 0. The molecule has 1 amide bonds. The number of anilines is 1. The van der Waals surface area contributed by atoms with E-state index in [0.717, 1.165) is 39.1 Å². The van der Waals surface area contributed by atoms with E-state index in [0.29, 0.717) is 13.0 Å². The van der Waals surface area contributed by atoms with Gasteiger partial charge in [0.1, 0.15) is 6.04 Å². The number of ketones is 1. The number of primary amides is 1. The number of nitrogens with two attached hydrogens (primary N) is 1.